The van der Waals surface area contributed by atoms with Crippen molar-refractivity contribution in [3.05, 3.63) is 0 Å². The topological polar surface area (TPSA) is 12.0 Å². The third kappa shape index (κ3) is 2.55. The fraction of sp³-hybridized carbons (Fsp3) is 1.00. The van der Waals surface area contributed by atoms with Gasteiger partial charge < -0.3 is 5.32 Å². The summed E-state index contributed by atoms with van der Waals surface area (Å²) in [7, 11) is 0. The van der Waals surface area contributed by atoms with E-state index < -0.39 is 0 Å². The Balaban J connectivity index is 1.82. The molecule has 1 unspecified atom stereocenters. The van der Waals surface area contributed by atoms with E-state index in [2.05, 4.69) is 19.2 Å². The third-order valence-electron chi connectivity index (χ3n) is 4.51. The molecule has 2 aliphatic carbocycles. The number of hydrogen-bond donors (Lipinski definition) is 1. The summed E-state index contributed by atoms with van der Waals surface area (Å²) in [5.74, 6) is 0. The van der Waals surface area contributed by atoms with Gasteiger partial charge in [-0.1, -0.05) is 33.1 Å². The minimum atomic E-state index is 0.778. The van der Waals surface area contributed by atoms with Gasteiger partial charge in [-0.2, -0.15) is 0 Å². The minimum Gasteiger partial charge on any atom is -0.311 e. The molecular weight excluding hydrogens is 182 g/mol. The number of rotatable bonds is 6. The molecule has 1 atom stereocenters. The van der Waals surface area contributed by atoms with Crippen molar-refractivity contribution in [2.75, 3.05) is 0 Å². The van der Waals surface area contributed by atoms with Crippen molar-refractivity contribution in [3.8, 4) is 0 Å². The Kier molecular flexibility index (Phi) is 3.71. The third-order valence-corrected chi connectivity index (χ3v) is 4.51. The second kappa shape index (κ2) is 4.86. The van der Waals surface area contributed by atoms with Gasteiger partial charge in [-0.05, 0) is 43.9 Å². The van der Waals surface area contributed by atoms with Gasteiger partial charge in [-0.15, -0.1) is 0 Å². The fourth-order valence-corrected chi connectivity index (χ4v) is 3.45. The molecule has 88 valence electrons. The molecule has 0 bridgehead atoms. The lowest BCUT2D eigenvalue weighted by Gasteiger charge is -2.27. The Morgan fingerprint density at radius 1 is 1.13 bits per heavy atom. The van der Waals surface area contributed by atoms with Crippen LogP contribution in [0.15, 0.2) is 0 Å². The molecule has 1 N–H and O–H groups in total. The van der Waals surface area contributed by atoms with Crippen LogP contribution in [-0.4, -0.2) is 12.1 Å². The van der Waals surface area contributed by atoms with Crippen molar-refractivity contribution < 1.29 is 0 Å². The summed E-state index contributed by atoms with van der Waals surface area (Å²) in [6.45, 7) is 4.62. The molecule has 2 aliphatic rings. The molecule has 1 heteroatoms. The molecule has 2 fully saturated rings. The monoisotopic (exact) mass is 209 g/mol. The predicted molar refractivity (Wildman–Crippen MR) is 66.0 cm³/mol. The number of nitrogens with one attached hydrogen (secondary N) is 1. The van der Waals surface area contributed by atoms with Crippen molar-refractivity contribution in [2.45, 2.75) is 83.7 Å². The summed E-state index contributed by atoms with van der Waals surface area (Å²) in [4.78, 5) is 0. The molecule has 0 saturated heterocycles. The molecule has 2 saturated carbocycles. The summed E-state index contributed by atoms with van der Waals surface area (Å²) in [5.41, 5.74) is 0.778. The van der Waals surface area contributed by atoms with E-state index in [4.69, 9.17) is 0 Å². The van der Waals surface area contributed by atoms with Crippen LogP contribution in [0.5, 0.6) is 0 Å². The van der Waals surface area contributed by atoms with Crippen LogP contribution >= 0.6 is 0 Å². The summed E-state index contributed by atoms with van der Waals surface area (Å²) < 4.78 is 0. The molecule has 1 nitrogen and oxygen atoms in total. The zero-order valence-corrected chi connectivity index (χ0v) is 10.5. The van der Waals surface area contributed by atoms with Crippen molar-refractivity contribution in [2.24, 2.45) is 5.41 Å². The van der Waals surface area contributed by atoms with Gasteiger partial charge in [0.25, 0.3) is 0 Å². The Morgan fingerprint density at radius 3 is 2.33 bits per heavy atom. The average Bonchev–Trinajstić information content (AvgIpc) is 2.87. The first-order chi connectivity index (χ1) is 7.30. The van der Waals surface area contributed by atoms with E-state index in [9.17, 15) is 0 Å². The maximum atomic E-state index is 3.97. The lowest BCUT2D eigenvalue weighted by molar-refractivity contribution is 0.316. The van der Waals surface area contributed by atoms with Gasteiger partial charge >= 0.3 is 0 Å². The van der Waals surface area contributed by atoms with Gasteiger partial charge in [0, 0.05) is 12.1 Å². The molecule has 0 aromatic carbocycles. The van der Waals surface area contributed by atoms with Crippen LogP contribution < -0.4 is 5.32 Å². The maximum absolute atomic E-state index is 3.97. The lowest BCUT2D eigenvalue weighted by atomic mass is 9.97. The highest BCUT2D eigenvalue weighted by molar-refractivity contribution is 5.06. The normalized spacial score (nSPS) is 27.8. The van der Waals surface area contributed by atoms with Crippen LogP contribution in [0.3, 0.4) is 0 Å². The van der Waals surface area contributed by atoms with Crippen molar-refractivity contribution >= 4 is 0 Å². The molecule has 0 heterocycles. The van der Waals surface area contributed by atoms with Crippen molar-refractivity contribution in [3.63, 3.8) is 0 Å². The van der Waals surface area contributed by atoms with E-state index >= 15 is 0 Å². The summed E-state index contributed by atoms with van der Waals surface area (Å²) >= 11 is 0. The molecule has 15 heavy (non-hydrogen) atoms. The van der Waals surface area contributed by atoms with Crippen molar-refractivity contribution in [1.29, 1.82) is 0 Å². The van der Waals surface area contributed by atoms with Crippen molar-refractivity contribution in [1.82, 2.24) is 5.32 Å². The van der Waals surface area contributed by atoms with E-state index in [-0.39, 0.29) is 0 Å². The molecule has 0 amide bonds. The van der Waals surface area contributed by atoms with Gasteiger partial charge in [-0.3, -0.25) is 0 Å². The summed E-state index contributed by atoms with van der Waals surface area (Å²) in [5, 5.41) is 3.97. The van der Waals surface area contributed by atoms with E-state index in [0.29, 0.717) is 0 Å². The zero-order chi connectivity index (χ0) is 10.7. The number of hydrogen-bond acceptors (Lipinski definition) is 1. The fourth-order valence-electron chi connectivity index (χ4n) is 3.45. The predicted octanol–water partition coefficient (Wildman–Crippen LogP) is 3.88. The van der Waals surface area contributed by atoms with Gasteiger partial charge in [0.05, 0.1) is 0 Å². The van der Waals surface area contributed by atoms with Gasteiger partial charge in [0.1, 0.15) is 0 Å². The Morgan fingerprint density at radius 2 is 1.80 bits per heavy atom. The largest absolute Gasteiger partial charge is 0.311 e. The maximum Gasteiger partial charge on any atom is 0.0126 e. The minimum absolute atomic E-state index is 0.778. The smallest absolute Gasteiger partial charge is 0.0126 e. The van der Waals surface area contributed by atoms with Crippen LogP contribution in [0.25, 0.3) is 0 Å². The quantitative estimate of drug-likeness (QED) is 0.700. The Bertz CT molecular complexity index is 190. The highest BCUT2D eigenvalue weighted by Crippen LogP contribution is 2.57. The molecule has 2 rings (SSSR count). The zero-order valence-electron chi connectivity index (χ0n) is 10.5. The van der Waals surface area contributed by atoms with Crippen LogP contribution in [0, 0.1) is 5.41 Å². The van der Waals surface area contributed by atoms with E-state index in [1.54, 1.807) is 0 Å². The molecule has 0 aromatic heterocycles. The molecule has 0 aromatic rings. The molecule has 1 spiro atoms. The highest BCUT2D eigenvalue weighted by Gasteiger charge is 2.51. The first kappa shape index (κ1) is 11.4. The Hall–Kier alpha value is -0.0400. The summed E-state index contributed by atoms with van der Waals surface area (Å²) in [6, 6.07) is 1.68. The molecular formula is C14H27N. The SMILES string of the molecule is CCCC(CCC)NC1CCCC12CC2. The second-order valence-corrected chi connectivity index (χ2v) is 5.75. The van der Waals surface area contributed by atoms with Crippen LogP contribution in [0.2, 0.25) is 0 Å². The molecule has 0 radical (unpaired) electrons. The van der Waals surface area contributed by atoms with Crippen LogP contribution in [0.1, 0.15) is 71.6 Å². The lowest BCUT2D eigenvalue weighted by Crippen LogP contribution is -2.41. The second-order valence-electron chi connectivity index (χ2n) is 5.75. The summed E-state index contributed by atoms with van der Waals surface area (Å²) in [6.07, 6.45) is 12.9. The highest BCUT2D eigenvalue weighted by atomic mass is 15.0. The molecule has 0 aliphatic heterocycles. The van der Waals surface area contributed by atoms with Gasteiger partial charge in [-0.25, -0.2) is 0 Å². The van der Waals surface area contributed by atoms with Gasteiger partial charge in [0.2, 0.25) is 0 Å². The average molecular weight is 209 g/mol. The van der Waals surface area contributed by atoms with E-state index in [1.165, 1.54) is 57.8 Å². The first-order valence-corrected chi connectivity index (χ1v) is 7.07. The Labute approximate surface area is 95.0 Å². The standard InChI is InChI=1S/C14H27N/c1-3-6-12(7-4-2)15-13-8-5-9-14(13)10-11-14/h12-13,15H,3-11H2,1-2H3. The van der Waals surface area contributed by atoms with E-state index in [1.807, 2.05) is 0 Å². The van der Waals surface area contributed by atoms with E-state index in [0.717, 1.165) is 17.5 Å². The first-order valence-electron chi connectivity index (χ1n) is 7.07. The van der Waals surface area contributed by atoms with Crippen LogP contribution in [-0.2, 0) is 0 Å². The van der Waals surface area contributed by atoms with Crippen LogP contribution in [0.4, 0.5) is 0 Å². The van der Waals surface area contributed by atoms with Gasteiger partial charge in [0.15, 0.2) is 0 Å².